The van der Waals surface area contributed by atoms with E-state index in [-0.39, 0.29) is 12.4 Å². The summed E-state index contributed by atoms with van der Waals surface area (Å²) >= 11 is 0. The second kappa shape index (κ2) is 6.45. The molecule has 16 heavy (non-hydrogen) atoms. The van der Waals surface area contributed by atoms with Gasteiger partial charge in [0.05, 0.1) is 0 Å². The fraction of sp³-hybridized carbons (Fsp3) is 0.917. The third kappa shape index (κ3) is 4.71. The highest BCUT2D eigenvalue weighted by Gasteiger charge is 2.30. The number of halogens is 1. The minimum absolute atomic E-state index is 0. The Morgan fingerprint density at radius 2 is 1.69 bits per heavy atom. The van der Waals surface area contributed by atoms with Gasteiger partial charge in [0.1, 0.15) is 0 Å². The van der Waals surface area contributed by atoms with Crippen LogP contribution in [0.5, 0.6) is 0 Å². The summed E-state index contributed by atoms with van der Waals surface area (Å²) in [6.45, 7) is 2.86. The first kappa shape index (κ1) is 13.8. The summed E-state index contributed by atoms with van der Waals surface area (Å²) in [5.74, 6) is 1.99. The van der Waals surface area contributed by atoms with E-state index in [0.29, 0.717) is 12.3 Å². The molecule has 2 fully saturated rings. The summed E-state index contributed by atoms with van der Waals surface area (Å²) in [5.41, 5.74) is 0. The zero-order valence-electron chi connectivity index (χ0n) is 10.1. The van der Waals surface area contributed by atoms with Crippen LogP contribution in [0.15, 0.2) is 0 Å². The van der Waals surface area contributed by atoms with E-state index in [1.807, 2.05) is 7.05 Å². The van der Waals surface area contributed by atoms with Gasteiger partial charge in [-0.15, -0.1) is 12.4 Å². The van der Waals surface area contributed by atoms with Crippen LogP contribution in [0.1, 0.15) is 32.1 Å². The number of nitrogens with one attached hydrogen (secondary N) is 1. The number of hydrogen-bond donors (Lipinski definition) is 1. The fourth-order valence-corrected chi connectivity index (χ4v) is 1.89. The third-order valence-corrected chi connectivity index (χ3v) is 3.29. The molecule has 2 saturated carbocycles. The maximum atomic E-state index is 11.9. The summed E-state index contributed by atoms with van der Waals surface area (Å²) in [5, 5.41) is 3.04. The third-order valence-electron chi connectivity index (χ3n) is 3.29. The fourth-order valence-electron chi connectivity index (χ4n) is 1.89. The Balaban J connectivity index is 0.00000128. The van der Waals surface area contributed by atoms with Crippen molar-refractivity contribution in [2.24, 2.45) is 11.8 Å². The largest absolute Gasteiger partial charge is 0.342 e. The molecule has 0 heterocycles. The number of nitrogens with zero attached hydrogens (tertiary/aromatic N) is 1. The van der Waals surface area contributed by atoms with E-state index in [4.69, 9.17) is 0 Å². The van der Waals surface area contributed by atoms with E-state index < -0.39 is 0 Å². The summed E-state index contributed by atoms with van der Waals surface area (Å²) < 4.78 is 0. The molecule has 0 unspecified atom stereocenters. The van der Waals surface area contributed by atoms with Crippen molar-refractivity contribution in [2.75, 3.05) is 26.7 Å². The lowest BCUT2D eigenvalue weighted by atomic mass is 10.2. The van der Waals surface area contributed by atoms with Crippen molar-refractivity contribution in [1.29, 1.82) is 0 Å². The molecule has 0 bridgehead atoms. The molecule has 2 aliphatic carbocycles. The van der Waals surface area contributed by atoms with Crippen LogP contribution in [0.2, 0.25) is 0 Å². The lowest BCUT2D eigenvalue weighted by Gasteiger charge is -2.22. The second-order valence-corrected chi connectivity index (χ2v) is 5.04. The van der Waals surface area contributed by atoms with E-state index in [1.54, 1.807) is 0 Å². The van der Waals surface area contributed by atoms with Gasteiger partial charge in [-0.3, -0.25) is 4.79 Å². The Labute approximate surface area is 104 Å². The smallest absolute Gasteiger partial charge is 0.223 e. The van der Waals surface area contributed by atoms with Gasteiger partial charge in [0, 0.05) is 26.1 Å². The minimum atomic E-state index is 0. The molecule has 0 atom stereocenters. The van der Waals surface area contributed by atoms with Gasteiger partial charge >= 0.3 is 0 Å². The van der Waals surface area contributed by atoms with Crippen molar-refractivity contribution in [2.45, 2.75) is 32.1 Å². The van der Waals surface area contributed by atoms with Crippen molar-refractivity contribution in [1.82, 2.24) is 10.2 Å². The van der Waals surface area contributed by atoms with E-state index in [9.17, 15) is 4.79 Å². The van der Waals surface area contributed by atoms with Crippen LogP contribution in [0.4, 0.5) is 0 Å². The number of amides is 1. The Morgan fingerprint density at radius 1 is 1.19 bits per heavy atom. The van der Waals surface area contributed by atoms with E-state index >= 15 is 0 Å². The zero-order valence-corrected chi connectivity index (χ0v) is 10.9. The van der Waals surface area contributed by atoms with Gasteiger partial charge in [-0.2, -0.15) is 0 Å². The van der Waals surface area contributed by atoms with Crippen LogP contribution >= 0.6 is 12.4 Å². The van der Waals surface area contributed by atoms with Crippen molar-refractivity contribution in [3.8, 4) is 0 Å². The highest BCUT2D eigenvalue weighted by Crippen LogP contribution is 2.33. The molecule has 0 saturated heterocycles. The molecular formula is C12H23ClN2O. The molecule has 0 aliphatic heterocycles. The van der Waals surface area contributed by atoms with Crippen molar-refractivity contribution in [3.05, 3.63) is 0 Å². The van der Waals surface area contributed by atoms with E-state index in [0.717, 1.165) is 31.5 Å². The topological polar surface area (TPSA) is 32.3 Å². The monoisotopic (exact) mass is 246 g/mol. The summed E-state index contributed by atoms with van der Waals surface area (Å²) in [6, 6.07) is 0. The summed E-state index contributed by atoms with van der Waals surface area (Å²) in [6.07, 6.45) is 6.00. The van der Waals surface area contributed by atoms with Crippen molar-refractivity contribution >= 4 is 18.3 Å². The van der Waals surface area contributed by atoms with Crippen molar-refractivity contribution < 1.29 is 4.79 Å². The molecule has 3 nitrogen and oxygen atoms in total. The number of carbonyl (C=O) groups excluding carboxylic acids is 1. The summed E-state index contributed by atoms with van der Waals surface area (Å²) in [4.78, 5) is 14.0. The Hall–Kier alpha value is -0.280. The number of rotatable bonds is 7. The average Bonchev–Trinajstić information content (AvgIpc) is 3.06. The first-order chi connectivity index (χ1) is 7.29. The minimum Gasteiger partial charge on any atom is -0.342 e. The van der Waals surface area contributed by atoms with Crippen LogP contribution in [-0.2, 0) is 4.79 Å². The second-order valence-electron chi connectivity index (χ2n) is 5.04. The maximum absolute atomic E-state index is 11.9. The van der Waals surface area contributed by atoms with Gasteiger partial charge in [-0.1, -0.05) is 0 Å². The van der Waals surface area contributed by atoms with Crippen LogP contribution < -0.4 is 5.32 Å². The van der Waals surface area contributed by atoms with Gasteiger partial charge in [0.2, 0.25) is 5.91 Å². The van der Waals surface area contributed by atoms with Gasteiger partial charge in [-0.05, 0) is 44.6 Å². The van der Waals surface area contributed by atoms with Gasteiger partial charge in [0.15, 0.2) is 0 Å². The van der Waals surface area contributed by atoms with Crippen molar-refractivity contribution in [3.63, 3.8) is 0 Å². The van der Waals surface area contributed by atoms with Gasteiger partial charge in [-0.25, -0.2) is 0 Å². The molecule has 4 heteroatoms. The first-order valence-electron chi connectivity index (χ1n) is 6.22. The van der Waals surface area contributed by atoms with Crippen LogP contribution in [0, 0.1) is 11.8 Å². The highest BCUT2D eigenvalue weighted by atomic mass is 35.5. The molecule has 2 aliphatic rings. The lowest BCUT2D eigenvalue weighted by Crippen LogP contribution is -2.36. The maximum Gasteiger partial charge on any atom is 0.223 e. The normalized spacial score (nSPS) is 19.1. The SMILES string of the molecule is CNCCC(=O)N(CC1CC1)CC1CC1.Cl. The summed E-state index contributed by atoms with van der Waals surface area (Å²) in [7, 11) is 1.90. The molecule has 1 amide bonds. The Kier molecular flexibility index (Phi) is 5.56. The molecule has 0 spiro atoms. The zero-order chi connectivity index (χ0) is 10.7. The molecule has 94 valence electrons. The van der Waals surface area contributed by atoms with Crippen LogP contribution in [0.3, 0.4) is 0 Å². The Morgan fingerprint density at radius 3 is 2.06 bits per heavy atom. The quantitative estimate of drug-likeness (QED) is 0.741. The van der Waals surface area contributed by atoms with E-state index in [2.05, 4.69) is 10.2 Å². The molecule has 0 aromatic rings. The standard InChI is InChI=1S/C12H22N2O.ClH/c1-13-7-6-12(15)14(8-10-2-3-10)9-11-4-5-11;/h10-11,13H,2-9H2,1H3;1H. The van der Waals surface area contributed by atoms with E-state index in [1.165, 1.54) is 25.7 Å². The average molecular weight is 247 g/mol. The Bertz CT molecular complexity index is 213. The molecule has 0 aromatic carbocycles. The van der Waals surface area contributed by atoms with Crippen LogP contribution in [-0.4, -0.2) is 37.5 Å². The van der Waals surface area contributed by atoms with Gasteiger partial charge < -0.3 is 10.2 Å². The molecule has 0 radical (unpaired) electrons. The number of hydrogen-bond acceptors (Lipinski definition) is 2. The molecule has 2 rings (SSSR count). The molecule has 0 aromatic heterocycles. The van der Waals surface area contributed by atoms with Gasteiger partial charge in [0.25, 0.3) is 0 Å². The molecule has 1 N–H and O–H groups in total. The highest BCUT2D eigenvalue weighted by molar-refractivity contribution is 5.85. The lowest BCUT2D eigenvalue weighted by molar-refractivity contribution is -0.131. The van der Waals surface area contributed by atoms with Crippen LogP contribution in [0.25, 0.3) is 0 Å². The molecular weight excluding hydrogens is 224 g/mol. The predicted octanol–water partition coefficient (Wildman–Crippen LogP) is 1.67. The predicted molar refractivity (Wildman–Crippen MR) is 67.8 cm³/mol. The number of carbonyl (C=O) groups is 1. The first-order valence-corrected chi connectivity index (χ1v) is 6.22.